The van der Waals surface area contributed by atoms with Crippen molar-refractivity contribution in [3.8, 4) is 11.1 Å². The number of halogens is 1. The molecule has 0 aromatic heterocycles. The van der Waals surface area contributed by atoms with Gasteiger partial charge < -0.3 is 5.32 Å². The first-order chi connectivity index (χ1) is 9.52. The van der Waals surface area contributed by atoms with Crippen molar-refractivity contribution >= 4 is 11.6 Å². The van der Waals surface area contributed by atoms with Crippen molar-refractivity contribution in [1.29, 1.82) is 0 Å². The zero-order valence-electron chi connectivity index (χ0n) is 12.7. The summed E-state index contributed by atoms with van der Waals surface area (Å²) in [5, 5.41) is 4.22. The van der Waals surface area contributed by atoms with Crippen LogP contribution in [-0.4, -0.2) is 6.54 Å². The van der Waals surface area contributed by atoms with Gasteiger partial charge in [-0.25, -0.2) is 0 Å². The Kier molecular flexibility index (Phi) is 4.85. The lowest BCUT2D eigenvalue weighted by Crippen LogP contribution is -2.11. The molecule has 1 N–H and O–H groups in total. The van der Waals surface area contributed by atoms with E-state index in [1.165, 1.54) is 27.8 Å². The fourth-order valence-electron chi connectivity index (χ4n) is 2.41. The van der Waals surface area contributed by atoms with E-state index in [1.807, 2.05) is 0 Å². The molecule has 0 saturated carbocycles. The van der Waals surface area contributed by atoms with Crippen LogP contribution < -0.4 is 5.32 Å². The van der Waals surface area contributed by atoms with Crippen LogP contribution in [0.4, 0.5) is 0 Å². The van der Waals surface area contributed by atoms with Crippen molar-refractivity contribution in [1.82, 2.24) is 5.32 Å². The molecule has 0 unspecified atom stereocenters. The first kappa shape index (κ1) is 15.1. The van der Waals surface area contributed by atoms with Gasteiger partial charge in [0.25, 0.3) is 0 Å². The van der Waals surface area contributed by atoms with Gasteiger partial charge in [-0.1, -0.05) is 30.7 Å². The first-order valence-electron chi connectivity index (χ1n) is 7.10. The molecule has 2 aromatic carbocycles. The van der Waals surface area contributed by atoms with Crippen LogP contribution >= 0.6 is 11.6 Å². The maximum Gasteiger partial charge on any atom is 0.0438 e. The molecule has 2 rings (SSSR count). The Morgan fingerprint density at radius 3 is 2.30 bits per heavy atom. The molecule has 0 aliphatic heterocycles. The summed E-state index contributed by atoms with van der Waals surface area (Å²) in [6.07, 6.45) is 0. The number of aryl methyl sites for hydroxylation is 3. The van der Waals surface area contributed by atoms with Gasteiger partial charge in [0.1, 0.15) is 0 Å². The fourth-order valence-corrected chi connectivity index (χ4v) is 2.63. The van der Waals surface area contributed by atoms with Crippen LogP contribution in [0.25, 0.3) is 11.1 Å². The highest BCUT2D eigenvalue weighted by Crippen LogP contribution is 2.31. The van der Waals surface area contributed by atoms with Gasteiger partial charge >= 0.3 is 0 Å². The molecule has 0 fully saturated rings. The molecular weight excluding hydrogens is 266 g/mol. The predicted molar refractivity (Wildman–Crippen MR) is 88.5 cm³/mol. The molecule has 0 heterocycles. The molecule has 0 amide bonds. The van der Waals surface area contributed by atoms with Crippen LogP contribution in [-0.2, 0) is 6.54 Å². The number of benzene rings is 2. The molecule has 20 heavy (non-hydrogen) atoms. The number of rotatable bonds is 4. The molecular formula is C18H22ClN. The Morgan fingerprint density at radius 1 is 0.900 bits per heavy atom. The van der Waals surface area contributed by atoms with Crippen LogP contribution in [0.5, 0.6) is 0 Å². The van der Waals surface area contributed by atoms with E-state index in [0.717, 1.165) is 23.7 Å². The van der Waals surface area contributed by atoms with Crippen LogP contribution in [0.15, 0.2) is 30.3 Å². The van der Waals surface area contributed by atoms with Crippen LogP contribution in [0.2, 0.25) is 5.02 Å². The van der Waals surface area contributed by atoms with Crippen molar-refractivity contribution in [2.45, 2.75) is 34.2 Å². The molecule has 0 spiro atoms. The largest absolute Gasteiger partial charge is 0.313 e. The van der Waals surface area contributed by atoms with E-state index in [4.69, 9.17) is 11.6 Å². The second-order valence-electron chi connectivity index (χ2n) is 5.35. The van der Waals surface area contributed by atoms with Crippen LogP contribution in [0.1, 0.15) is 29.2 Å². The summed E-state index contributed by atoms with van der Waals surface area (Å²) in [5.74, 6) is 0. The summed E-state index contributed by atoms with van der Waals surface area (Å²) < 4.78 is 0. The Morgan fingerprint density at radius 2 is 1.60 bits per heavy atom. The third kappa shape index (κ3) is 3.23. The highest BCUT2D eigenvalue weighted by Gasteiger charge is 2.09. The fraction of sp³-hybridized carbons (Fsp3) is 0.333. The average molecular weight is 288 g/mol. The van der Waals surface area contributed by atoms with Gasteiger partial charge in [0.05, 0.1) is 0 Å². The van der Waals surface area contributed by atoms with Gasteiger partial charge in [-0.05, 0) is 78.9 Å². The maximum atomic E-state index is 6.20. The van der Waals surface area contributed by atoms with E-state index >= 15 is 0 Å². The van der Waals surface area contributed by atoms with Crippen molar-refractivity contribution in [3.05, 3.63) is 57.6 Å². The normalized spacial score (nSPS) is 10.8. The second kappa shape index (κ2) is 6.43. The summed E-state index contributed by atoms with van der Waals surface area (Å²) in [6.45, 7) is 10.4. The van der Waals surface area contributed by atoms with Crippen molar-refractivity contribution in [3.63, 3.8) is 0 Å². The van der Waals surface area contributed by atoms with Gasteiger partial charge in [0, 0.05) is 11.6 Å². The molecule has 0 bridgehead atoms. The van der Waals surface area contributed by atoms with Crippen LogP contribution in [0.3, 0.4) is 0 Å². The predicted octanol–water partition coefficient (Wildman–Crippen LogP) is 5.04. The lowest BCUT2D eigenvalue weighted by Gasteiger charge is -2.14. The van der Waals surface area contributed by atoms with Crippen molar-refractivity contribution < 1.29 is 0 Å². The van der Waals surface area contributed by atoms with E-state index in [0.29, 0.717) is 0 Å². The van der Waals surface area contributed by atoms with E-state index in [2.05, 4.69) is 63.3 Å². The smallest absolute Gasteiger partial charge is 0.0438 e. The Balaban J connectivity index is 2.48. The van der Waals surface area contributed by atoms with E-state index in [9.17, 15) is 0 Å². The summed E-state index contributed by atoms with van der Waals surface area (Å²) in [7, 11) is 0. The SMILES string of the molecule is CCNCc1ccc(C)c(-c2cc(C)c(Cl)cc2C)c1. The van der Waals surface area contributed by atoms with E-state index in [1.54, 1.807) is 0 Å². The minimum Gasteiger partial charge on any atom is -0.313 e. The molecule has 2 heteroatoms. The van der Waals surface area contributed by atoms with E-state index in [-0.39, 0.29) is 0 Å². The third-order valence-electron chi connectivity index (χ3n) is 3.68. The van der Waals surface area contributed by atoms with Gasteiger partial charge in [-0.2, -0.15) is 0 Å². The van der Waals surface area contributed by atoms with Gasteiger partial charge in [-0.3, -0.25) is 0 Å². The van der Waals surface area contributed by atoms with Gasteiger partial charge in [0.2, 0.25) is 0 Å². The van der Waals surface area contributed by atoms with Gasteiger partial charge in [0.15, 0.2) is 0 Å². The average Bonchev–Trinajstić information content (AvgIpc) is 2.42. The Hall–Kier alpha value is -1.31. The highest BCUT2D eigenvalue weighted by molar-refractivity contribution is 6.31. The Labute approximate surface area is 127 Å². The van der Waals surface area contributed by atoms with Crippen LogP contribution in [0, 0.1) is 20.8 Å². The molecule has 2 aromatic rings. The monoisotopic (exact) mass is 287 g/mol. The quantitative estimate of drug-likeness (QED) is 0.830. The van der Waals surface area contributed by atoms with Gasteiger partial charge in [-0.15, -0.1) is 0 Å². The molecule has 106 valence electrons. The molecule has 1 nitrogen and oxygen atoms in total. The second-order valence-corrected chi connectivity index (χ2v) is 5.75. The summed E-state index contributed by atoms with van der Waals surface area (Å²) in [6, 6.07) is 10.9. The summed E-state index contributed by atoms with van der Waals surface area (Å²) in [5.41, 5.74) is 7.56. The number of nitrogens with one attached hydrogen (secondary N) is 1. The third-order valence-corrected chi connectivity index (χ3v) is 4.08. The zero-order valence-corrected chi connectivity index (χ0v) is 13.4. The van der Waals surface area contributed by atoms with Crippen molar-refractivity contribution in [2.75, 3.05) is 6.54 Å². The summed E-state index contributed by atoms with van der Waals surface area (Å²) >= 11 is 6.20. The molecule has 0 aliphatic rings. The van der Waals surface area contributed by atoms with E-state index < -0.39 is 0 Å². The number of hydrogen-bond acceptors (Lipinski definition) is 1. The highest BCUT2D eigenvalue weighted by atomic mass is 35.5. The number of hydrogen-bond donors (Lipinski definition) is 1. The van der Waals surface area contributed by atoms with Crippen molar-refractivity contribution in [2.24, 2.45) is 0 Å². The molecule has 0 atom stereocenters. The zero-order chi connectivity index (χ0) is 14.7. The standard InChI is InChI=1S/C18H22ClN/c1-5-20-11-15-7-6-12(2)17(10-15)16-8-14(4)18(19)9-13(16)3/h6-10,20H,5,11H2,1-4H3. The topological polar surface area (TPSA) is 12.0 Å². The lowest BCUT2D eigenvalue weighted by molar-refractivity contribution is 0.727. The lowest BCUT2D eigenvalue weighted by atomic mass is 9.93. The maximum absolute atomic E-state index is 6.20. The summed E-state index contributed by atoms with van der Waals surface area (Å²) in [4.78, 5) is 0. The minimum absolute atomic E-state index is 0.840. The molecule has 0 saturated heterocycles. The molecule has 0 aliphatic carbocycles. The Bertz CT molecular complexity index is 617. The minimum atomic E-state index is 0.840. The molecule has 0 radical (unpaired) electrons. The first-order valence-corrected chi connectivity index (χ1v) is 7.48.